The van der Waals surface area contributed by atoms with Gasteiger partial charge in [-0.2, -0.15) is 0 Å². The first-order chi connectivity index (χ1) is 9.63. The third-order valence-electron chi connectivity index (χ3n) is 3.15. The lowest BCUT2D eigenvalue weighted by Gasteiger charge is -2.13. The molecule has 0 bridgehead atoms. The molecule has 0 radical (unpaired) electrons. The molecule has 0 spiro atoms. The Morgan fingerprint density at radius 1 is 1.14 bits per heavy atom. The summed E-state index contributed by atoms with van der Waals surface area (Å²) in [6, 6.07) is 6.37. The molecule has 1 aliphatic heterocycles. The van der Waals surface area contributed by atoms with Gasteiger partial charge in [0.05, 0.1) is 19.8 Å². The number of nitrogens with one attached hydrogen (secondary N) is 1. The third-order valence-corrected chi connectivity index (χ3v) is 3.15. The van der Waals surface area contributed by atoms with Crippen molar-refractivity contribution in [2.75, 3.05) is 20.8 Å². The fraction of sp³-hybridized carbons (Fsp3) is 0.429. The predicted molar refractivity (Wildman–Crippen MR) is 77.9 cm³/mol. The van der Waals surface area contributed by atoms with E-state index < -0.39 is 0 Å². The predicted octanol–water partition coefficient (Wildman–Crippen LogP) is 1.18. The fourth-order valence-electron chi connectivity index (χ4n) is 2.09. The highest BCUT2D eigenvalue weighted by molar-refractivity contribution is 5.89. The van der Waals surface area contributed by atoms with Crippen molar-refractivity contribution in [2.45, 2.75) is 18.6 Å². The molecule has 1 aliphatic rings. The Hall–Kier alpha value is -1.79. The number of ether oxygens (including phenoxy) is 3. The summed E-state index contributed by atoms with van der Waals surface area (Å²) < 4.78 is 15.0. The maximum Gasteiger partial charge on any atom is 0.337 e. The van der Waals surface area contributed by atoms with Gasteiger partial charge in [0.25, 0.3) is 0 Å². The molecule has 2 rings (SSSR count). The molecule has 1 aromatic rings. The van der Waals surface area contributed by atoms with Crippen LogP contribution in [0, 0.1) is 0 Å². The van der Waals surface area contributed by atoms with E-state index in [4.69, 9.17) is 4.74 Å². The second-order valence-electron chi connectivity index (χ2n) is 4.48. The Labute approximate surface area is 129 Å². The van der Waals surface area contributed by atoms with Gasteiger partial charge in [0.2, 0.25) is 0 Å². The molecule has 21 heavy (non-hydrogen) atoms. The van der Waals surface area contributed by atoms with E-state index in [0.717, 1.165) is 0 Å². The van der Waals surface area contributed by atoms with Gasteiger partial charge in [-0.3, -0.25) is 4.79 Å². The van der Waals surface area contributed by atoms with Crippen LogP contribution in [-0.4, -0.2) is 44.8 Å². The molecule has 1 saturated heterocycles. The topological polar surface area (TPSA) is 73.9 Å². The van der Waals surface area contributed by atoms with Gasteiger partial charge < -0.3 is 19.5 Å². The van der Waals surface area contributed by atoms with Crippen LogP contribution in [0.25, 0.3) is 0 Å². The Morgan fingerprint density at radius 2 is 1.81 bits per heavy atom. The Balaban J connectivity index is 0.00000220. The summed E-state index contributed by atoms with van der Waals surface area (Å²) in [5, 5.41) is 3.04. The van der Waals surface area contributed by atoms with Crippen molar-refractivity contribution < 1.29 is 23.8 Å². The quantitative estimate of drug-likeness (QED) is 0.841. The zero-order valence-electron chi connectivity index (χ0n) is 11.8. The zero-order chi connectivity index (χ0) is 14.5. The molecular formula is C14H18ClNO5. The standard InChI is InChI=1S/C14H17NO5.ClH/c1-18-13(16)9-3-5-10(6-4-9)20-11-7-12(15-8-11)14(17)19-2;/h3-6,11-12,15H,7-8H2,1-2H3;1H/t11-,12+;/m1./s1. The second-order valence-corrected chi connectivity index (χ2v) is 4.48. The first-order valence-electron chi connectivity index (χ1n) is 6.30. The highest BCUT2D eigenvalue weighted by atomic mass is 35.5. The molecule has 0 amide bonds. The van der Waals surface area contributed by atoms with E-state index in [1.54, 1.807) is 24.3 Å². The Bertz CT molecular complexity index is 491. The Morgan fingerprint density at radius 3 is 2.38 bits per heavy atom. The number of hydrogen-bond acceptors (Lipinski definition) is 6. The molecule has 0 unspecified atom stereocenters. The van der Waals surface area contributed by atoms with E-state index in [1.807, 2.05) is 0 Å². The van der Waals surface area contributed by atoms with Crippen molar-refractivity contribution in [2.24, 2.45) is 0 Å². The molecule has 2 atom stereocenters. The smallest absolute Gasteiger partial charge is 0.337 e. The summed E-state index contributed by atoms with van der Waals surface area (Å²) >= 11 is 0. The van der Waals surface area contributed by atoms with Gasteiger partial charge in [0.1, 0.15) is 17.9 Å². The number of rotatable bonds is 4. The summed E-state index contributed by atoms with van der Waals surface area (Å²) in [6.45, 7) is 0.582. The van der Waals surface area contributed by atoms with Crippen LogP contribution in [0.15, 0.2) is 24.3 Å². The van der Waals surface area contributed by atoms with Gasteiger partial charge in [0, 0.05) is 13.0 Å². The average molecular weight is 316 g/mol. The first-order valence-corrected chi connectivity index (χ1v) is 6.30. The minimum atomic E-state index is -0.384. The summed E-state index contributed by atoms with van der Waals surface area (Å²) in [5.74, 6) is -0.0167. The maximum absolute atomic E-state index is 11.4. The molecule has 116 valence electrons. The number of carbonyl (C=O) groups is 2. The van der Waals surface area contributed by atoms with E-state index in [-0.39, 0.29) is 36.5 Å². The molecule has 1 aromatic carbocycles. The lowest BCUT2D eigenvalue weighted by molar-refractivity contribution is -0.142. The summed E-state index contributed by atoms with van der Waals surface area (Å²) in [7, 11) is 2.70. The summed E-state index contributed by atoms with van der Waals surface area (Å²) in [5.41, 5.74) is 0.469. The first kappa shape index (κ1) is 17.3. The highest BCUT2D eigenvalue weighted by Gasteiger charge is 2.31. The van der Waals surface area contributed by atoms with Gasteiger partial charge in [-0.25, -0.2) is 4.79 Å². The fourth-order valence-corrected chi connectivity index (χ4v) is 2.09. The molecule has 7 heteroatoms. The van der Waals surface area contributed by atoms with Gasteiger partial charge in [-0.15, -0.1) is 12.4 Å². The normalized spacial score (nSPS) is 20.3. The van der Waals surface area contributed by atoms with Crippen molar-refractivity contribution in [1.29, 1.82) is 0 Å². The van der Waals surface area contributed by atoms with E-state index in [9.17, 15) is 9.59 Å². The van der Waals surface area contributed by atoms with E-state index in [0.29, 0.717) is 24.3 Å². The zero-order valence-corrected chi connectivity index (χ0v) is 12.6. The molecule has 0 saturated carbocycles. The molecule has 0 aromatic heterocycles. The summed E-state index contributed by atoms with van der Waals surface area (Å²) in [6.07, 6.45) is 0.467. The van der Waals surface area contributed by atoms with Crippen molar-refractivity contribution in [3.05, 3.63) is 29.8 Å². The SMILES string of the molecule is COC(=O)c1ccc(O[C@H]2CN[C@H](C(=O)OC)C2)cc1.Cl. The maximum atomic E-state index is 11.4. The molecule has 1 fully saturated rings. The van der Waals surface area contributed by atoms with Crippen molar-refractivity contribution in [3.63, 3.8) is 0 Å². The van der Waals surface area contributed by atoms with Gasteiger partial charge in [0.15, 0.2) is 0 Å². The monoisotopic (exact) mass is 315 g/mol. The van der Waals surface area contributed by atoms with Crippen LogP contribution in [0.5, 0.6) is 5.75 Å². The largest absolute Gasteiger partial charge is 0.489 e. The number of halogens is 1. The molecule has 1 N–H and O–H groups in total. The van der Waals surface area contributed by atoms with Crippen molar-refractivity contribution >= 4 is 24.3 Å². The summed E-state index contributed by atoms with van der Waals surface area (Å²) in [4.78, 5) is 22.7. The second kappa shape index (κ2) is 7.85. The minimum absolute atomic E-state index is 0. The lowest BCUT2D eigenvalue weighted by Crippen LogP contribution is -2.31. The van der Waals surface area contributed by atoms with Crippen molar-refractivity contribution in [1.82, 2.24) is 5.32 Å². The van der Waals surface area contributed by atoms with Gasteiger partial charge in [-0.05, 0) is 24.3 Å². The van der Waals surface area contributed by atoms with Crippen LogP contribution < -0.4 is 10.1 Å². The molecule has 1 heterocycles. The highest BCUT2D eigenvalue weighted by Crippen LogP contribution is 2.18. The minimum Gasteiger partial charge on any atom is -0.489 e. The average Bonchev–Trinajstić information content (AvgIpc) is 2.95. The van der Waals surface area contributed by atoms with Crippen LogP contribution in [0.2, 0.25) is 0 Å². The molecular weight excluding hydrogens is 298 g/mol. The molecule has 6 nitrogen and oxygen atoms in total. The van der Waals surface area contributed by atoms with Crippen LogP contribution in [0.3, 0.4) is 0 Å². The third kappa shape index (κ3) is 4.34. The number of methoxy groups -OCH3 is 2. The van der Waals surface area contributed by atoms with Crippen LogP contribution in [-0.2, 0) is 14.3 Å². The van der Waals surface area contributed by atoms with Crippen LogP contribution in [0.4, 0.5) is 0 Å². The Kier molecular flexibility index (Phi) is 6.45. The van der Waals surface area contributed by atoms with E-state index >= 15 is 0 Å². The number of benzene rings is 1. The number of hydrogen-bond donors (Lipinski definition) is 1. The van der Waals surface area contributed by atoms with Gasteiger partial charge in [-0.1, -0.05) is 0 Å². The van der Waals surface area contributed by atoms with Gasteiger partial charge >= 0.3 is 11.9 Å². The van der Waals surface area contributed by atoms with Crippen LogP contribution in [0.1, 0.15) is 16.8 Å². The lowest BCUT2D eigenvalue weighted by atomic mass is 10.2. The number of esters is 2. The van der Waals surface area contributed by atoms with Crippen molar-refractivity contribution in [3.8, 4) is 5.75 Å². The van der Waals surface area contributed by atoms with Crippen LogP contribution >= 0.6 is 12.4 Å². The van der Waals surface area contributed by atoms with E-state index in [2.05, 4.69) is 14.8 Å². The van der Waals surface area contributed by atoms with E-state index in [1.165, 1.54) is 14.2 Å². The molecule has 0 aliphatic carbocycles. The number of carbonyl (C=O) groups excluding carboxylic acids is 2.